The summed E-state index contributed by atoms with van der Waals surface area (Å²) in [6, 6.07) is 9.36. The number of piperidine rings is 1. The topological polar surface area (TPSA) is 95.2 Å². The summed E-state index contributed by atoms with van der Waals surface area (Å²) in [4.78, 5) is 19.1. The molecule has 0 aliphatic carbocycles. The standard InChI is InChI=1S/C20H25N3O4/c1-2-26-19(24)14-23-9-7-20(25,8-10-23)12-17-11-18(22-27-17)16-5-3-15(13-21)4-6-16/h3-6,17,25H,2,7-12,14H2,1H3. The molecule has 1 N–H and O–H groups in total. The molecule has 2 heterocycles. The zero-order valence-corrected chi connectivity index (χ0v) is 15.6. The molecule has 1 unspecified atom stereocenters. The van der Waals surface area contributed by atoms with E-state index in [2.05, 4.69) is 11.2 Å². The minimum Gasteiger partial charge on any atom is -0.465 e. The number of esters is 1. The molecule has 1 saturated heterocycles. The van der Waals surface area contributed by atoms with Crippen LogP contribution >= 0.6 is 0 Å². The highest BCUT2D eigenvalue weighted by Crippen LogP contribution is 2.31. The van der Waals surface area contributed by atoms with Crippen molar-refractivity contribution in [3.05, 3.63) is 35.4 Å². The molecule has 1 aromatic rings. The van der Waals surface area contributed by atoms with Crippen molar-refractivity contribution in [1.82, 2.24) is 4.90 Å². The van der Waals surface area contributed by atoms with E-state index in [1.165, 1.54) is 0 Å². The first kappa shape index (κ1) is 19.3. The van der Waals surface area contributed by atoms with Crippen molar-refractivity contribution in [1.29, 1.82) is 5.26 Å². The summed E-state index contributed by atoms with van der Waals surface area (Å²) in [7, 11) is 0. The molecule has 144 valence electrons. The number of carbonyl (C=O) groups excluding carboxylic acids is 1. The van der Waals surface area contributed by atoms with Crippen molar-refractivity contribution in [2.75, 3.05) is 26.2 Å². The largest absolute Gasteiger partial charge is 0.465 e. The Kier molecular flexibility index (Phi) is 6.09. The van der Waals surface area contributed by atoms with E-state index in [1.54, 1.807) is 19.1 Å². The molecule has 0 bridgehead atoms. The Morgan fingerprint density at radius 2 is 2.11 bits per heavy atom. The maximum atomic E-state index is 11.6. The van der Waals surface area contributed by atoms with Crippen LogP contribution in [0.2, 0.25) is 0 Å². The molecule has 0 saturated carbocycles. The van der Waals surface area contributed by atoms with Crippen LogP contribution in [0, 0.1) is 11.3 Å². The fraction of sp³-hybridized carbons (Fsp3) is 0.550. The number of oxime groups is 1. The zero-order valence-electron chi connectivity index (χ0n) is 15.6. The minimum absolute atomic E-state index is 0.155. The molecular formula is C20H25N3O4. The summed E-state index contributed by atoms with van der Waals surface area (Å²) >= 11 is 0. The van der Waals surface area contributed by atoms with Crippen molar-refractivity contribution in [3.63, 3.8) is 0 Å². The van der Waals surface area contributed by atoms with Gasteiger partial charge in [0.05, 0.1) is 36.1 Å². The quantitative estimate of drug-likeness (QED) is 0.767. The molecule has 0 aromatic heterocycles. The van der Waals surface area contributed by atoms with Gasteiger partial charge in [-0.15, -0.1) is 0 Å². The van der Waals surface area contributed by atoms with Gasteiger partial charge in [0, 0.05) is 25.9 Å². The molecule has 1 atom stereocenters. The molecule has 0 amide bonds. The third-order valence-electron chi connectivity index (χ3n) is 5.13. The number of hydrogen-bond donors (Lipinski definition) is 1. The average molecular weight is 371 g/mol. The van der Waals surface area contributed by atoms with E-state index < -0.39 is 5.60 Å². The van der Waals surface area contributed by atoms with E-state index in [4.69, 9.17) is 14.8 Å². The number of nitrogens with zero attached hydrogens (tertiary/aromatic N) is 3. The highest BCUT2D eigenvalue weighted by Gasteiger charge is 2.37. The predicted octanol–water partition coefficient (Wildman–Crippen LogP) is 1.83. The Morgan fingerprint density at radius 3 is 2.74 bits per heavy atom. The average Bonchev–Trinajstić information content (AvgIpc) is 3.12. The van der Waals surface area contributed by atoms with Gasteiger partial charge in [-0.3, -0.25) is 9.69 Å². The van der Waals surface area contributed by atoms with Crippen molar-refractivity contribution < 1.29 is 19.5 Å². The highest BCUT2D eigenvalue weighted by molar-refractivity contribution is 6.01. The van der Waals surface area contributed by atoms with Gasteiger partial charge in [0.1, 0.15) is 6.10 Å². The third kappa shape index (κ3) is 5.06. The molecule has 3 rings (SSSR count). The number of aliphatic hydroxyl groups is 1. The fourth-order valence-corrected chi connectivity index (χ4v) is 3.59. The van der Waals surface area contributed by atoms with E-state index >= 15 is 0 Å². The Hall–Kier alpha value is -2.43. The Labute approximate surface area is 159 Å². The lowest BCUT2D eigenvalue weighted by Crippen LogP contribution is -2.47. The van der Waals surface area contributed by atoms with Crippen LogP contribution in [0.1, 0.15) is 43.7 Å². The first-order valence-corrected chi connectivity index (χ1v) is 9.35. The lowest BCUT2D eigenvalue weighted by Gasteiger charge is -2.38. The lowest BCUT2D eigenvalue weighted by atomic mass is 9.84. The monoisotopic (exact) mass is 371 g/mol. The van der Waals surface area contributed by atoms with Crippen LogP contribution in [0.3, 0.4) is 0 Å². The Bertz CT molecular complexity index is 731. The summed E-state index contributed by atoms with van der Waals surface area (Å²) in [5, 5.41) is 23.9. The van der Waals surface area contributed by atoms with Gasteiger partial charge >= 0.3 is 5.97 Å². The van der Waals surface area contributed by atoms with Gasteiger partial charge in [0.25, 0.3) is 0 Å². The van der Waals surface area contributed by atoms with Crippen LogP contribution in [0.25, 0.3) is 0 Å². The van der Waals surface area contributed by atoms with Gasteiger partial charge in [-0.25, -0.2) is 0 Å². The molecule has 0 radical (unpaired) electrons. The number of rotatable bonds is 6. The molecule has 7 heteroatoms. The first-order chi connectivity index (χ1) is 13.0. The van der Waals surface area contributed by atoms with E-state index in [0.717, 1.165) is 11.3 Å². The molecule has 2 aliphatic heterocycles. The maximum Gasteiger partial charge on any atom is 0.320 e. The SMILES string of the molecule is CCOC(=O)CN1CCC(O)(CC2CC(c3ccc(C#N)cc3)=NO2)CC1. The molecule has 2 aliphatic rings. The summed E-state index contributed by atoms with van der Waals surface area (Å²) in [5.74, 6) is -0.220. The molecule has 1 aromatic carbocycles. The van der Waals surface area contributed by atoms with Crippen molar-refractivity contribution in [3.8, 4) is 6.07 Å². The van der Waals surface area contributed by atoms with Gasteiger partial charge < -0.3 is 14.7 Å². The number of likely N-dealkylation sites (tertiary alicyclic amines) is 1. The summed E-state index contributed by atoms with van der Waals surface area (Å²) in [5.41, 5.74) is 1.59. The summed E-state index contributed by atoms with van der Waals surface area (Å²) < 4.78 is 4.98. The van der Waals surface area contributed by atoms with Crippen LogP contribution in [0.5, 0.6) is 0 Å². The van der Waals surface area contributed by atoms with Gasteiger partial charge in [-0.2, -0.15) is 5.26 Å². The molecular weight excluding hydrogens is 346 g/mol. The molecule has 27 heavy (non-hydrogen) atoms. The number of carbonyl (C=O) groups is 1. The second kappa shape index (κ2) is 8.51. The van der Waals surface area contributed by atoms with E-state index in [9.17, 15) is 9.90 Å². The second-order valence-corrected chi connectivity index (χ2v) is 7.17. The Balaban J connectivity index is 1.47. The van der Waals surface area contributed by atoms with Gasteiger partial charge in [0.2, 0.25) is 0 Å². The Morgan fingerprint density at radius 1 is 1.41 bits per heavy atom. The number of ether oxygens (including phenoxy) is 1. The van der Waals surface area contributed by atoms with Crippen LogP contribution in [0.4, 0.5) is 0 Å². The van der Waals surface area contributed by atoms with Crippen LogP contribution in [0.15, 0.2) is 29.4 Å². The first-order valence-electron chi connectivity index (χ1n) is 9.35. The van der Waals surface area contributed by atoms with E-state index in [-0.39, 0.29) is 18.6 Å². The zero-order chi connectivity index (χ0) is 19.3. The third-order valence-corrected chi connectivity index (χ3v) is 5.13. The smallest absolute Gasteiger partial charge is 0.320 e. The number of nitriles is 1. The van der Waals surface area contributed by atoms with E-state index in [1.807, 2.05) is 17.0 Å². The molecule has 1 fully saturated rings. The highest BCUT2D eigenvalue weighted by atomic mass is 16.6. The van der Waals surface area contributed by atoms with Crippen molar-refractivity contribution in [2.24, 2.45) is 5.16 Å². The number of benzene rings is 1. The molecule has 0 spiro atoms. The van der Waals surface area contributed by atoms with Crippen molar-refractivity contribution in [2.45, 2.75) is 44.3 Å². The fourth-order valence-electron chi connectivity index (χ4n) is 3.59. The maximum absolute atomic E-state index is 11.6. The summed E-state index contributed by atoms with van der Waals surface area (Å²) in [6.07, 6.45) is 2.19. The lowest BCUT2D eigenvalue weighted by molar-refractivity contribution is -0.146. The number of hydrogen-bond acceptors (Lipinski definition) is 7. The van der Waals surface area contributed by atoms with Crippen LogP contribution in [-0.2, 0) is 14.4 Å². The second-order valence-electron chi connectivity index (χ2n) is 7.17. The van der Waals surface area contributed by atoms with E-state index in [0.29, 0.717) is 50.9 Å². The normalized spacial score (nSPS) is 21.8. The molecule has 7 nitrogen and oxygen atoms in total. The van der Waals surface area contributed by atoms with Crippen LogP contribution in [-0.4, -0.2) is 59.6 Å². The van der Waals surface area contributed by atoms with Gasteiger partial charge in [-0.05, 0) is 37.5 Å². The van der Waals surface area contributed by atoms with Gasteiger partial charge in [0.15, 0.2) is 0 Å². The van der Waals surface area contributed by atoms with Crippen LogP contribution < -0.4 is 0 Å². The van der Waals surface area contributed by atoms with Crippen molar-refractivity contribution >= 4 is 11.7 Å². The summed E-state index contributed by atoms with van der Waals surface area (Å²) in [6.45, 7) is 3.77. The van der Waals surface area contributed by atoms with Gasteiger partial charge in [-0.1, -0.05) is 17.3 Å². The predicted molar refractivity (Wildman–Crippen MR) is 99.1 cm³/mol. The minimum atomic E-state index is -0.800.